The molecule has 18 heavy (non-hydrogen) atoms. The molecule has 0 fully saturated rings. The number of rotatable bonds is 4. The van der Waals surface area contributed by atoms with Crippen molar-refractivity contribution in [3.63, 3.8) is 0 Å². The highest BCUT2D eigenvalue weighted by molar-refractivity contribution is 5.46. The van der Waals surface area contributed by atoms with E-state index in [0.717, 1.165) is 11.1 Å². The molecule has 0 bridgehead atoms. The summed E-state index contributed by atoms with van der Waals surface area (Å²) in [5, 5.41) is 19.6. The molecule has 0 heterocycles. The molecule has 1 rings (SSSR count). The summed E-state index contributed by atoms with van der Waals surface area (Å²) in [6, 6.07) is 3.31. The third-order valence-corrected chi connectivity index (χ3v) is 2.74. The normalized spacial score (nSPS) is 10.0. The summed E-state index contributed by atoms with van der Waals surface area (Å²) in [4.78, 5) is 0. The van der Waals surface area contributed by atoms with Gasteiger partial charge < -0.3 is 10.2 Å². The predicted molar refractivity (Wildman–Crippen MR) is 76.0 cm³/mol. The zero-order chi connectivity index (χ0) is 13.7. The number of benzene rings is 1. The van der Waals surface area contributed by atoms with Gasteiger partial charge in [-0.05, 0) is 57.7 Å². The molecule has 0 amide bonds. The molecule has 1 aromatic rings. The van der Waals surface area contributed by atoms with Gasteiger partial charge in [0.05, 0.1) is 0 Å². The Morgan fingerprint density at radius 3 is 1.56 bits per heavy atom. The van der Waals surface area contributed by atoms with Crippen LogP contribution in [-0.4, -0.2) is 10.2 Å². The number of phenolic OH excluding ortho intramolecular Hbond substituents is 2. The highest BCUT2D eigenvalue weighted by Crippen LogP contribution is 2.28. The largest absolute Gasteiger partial charge is 0.508 e. The van der Waals surface area contributed by atoms with Gasteiger partial charge in [-0.1, -0.05) is 23.3 Å². The number of aromatic hydroxyl groups is 2. The first-order chi connectivity index (χ1) is 8.40. The van der Waals surface area contributed by atoms with Crippen LogP contribution in [0.5, 0.6) is 11.5 Å². The van der Waals surface area contributed by atoms with Crippen LogP contribution in [-0.2, 0) is 12.8 Å². The quantitative estimate of drug-likeness (QED) is 0.785. The zero-order valence-corrected chi connectivity index (χ0v) is 11.6. The fourth-order valence-electron chi connectivity index (χ4n) is 1.63. The van der Waals surface area contributed by atoms with Crippen LogP contribution >= 0.6 is 0 Å². The summed E-state index contributed by atoms with van der Waals surface area (Å²) < 4.78 is 0. The summed E-state index contributed by atoms with van der Waals surface area (Å²) in [6.45, 7) is 8.12. The maximum Gasteiger partial charge on any atom is 0.122 e. The lowest BCUT2D eigenvalue weighted by Crippen LogP contribution is -1.90. The summed E-state index contributed by atoms with van der Waals surface area (Å²) in [6.07, 6.45) is 5.51. The van der Waals surface area contributed by atoms with E-state index in [1.165, 1.54) is 17.2 Å². The lowest BCUT2D eigenvalue weighted by Gasteiger charge is -2.08. The molecule has 2 N–H and O–H groups in total. The molecule has 2 heteroatoms. The van der Waals surface area contributed by atoms with Crippen LogP contribution in [0.4, 0.5) is 0 Å². The van der Waals surface area contributed by atoms with Crippen LogP contribution in [0, 0.1) is 0 Å². The lowest BCUT2D eigenvalue weighted by atomic mass is 10.0. The van der Waals surface area contributed by atoms with Gasteiger partial charge >= 0.3 is 0 Å². The molecule has 0 saturated carbocycles. The number of hydrogen-bond donors (Lipinski definition) is 2. The second-order valence-electron chi connectivity index (χ2n) is 5.08. The van der Waals surface area contributed by atoms with E-state index in [4.69, 9.17) is 0 Å². The zero-order valence-electron chi connectivity index (χ0n) is 11.6. The van der Waals surface area contributed by atoms with Crippen molar-refractivity contribution in [2.24, 2.45) is 0 Å². The van der Waals surface area contributed by atoms with Gasteiger partial charge in [0.1, 0.15) is 11.5 Å². The molecule has 98 valence electrons. The average molecular weight is 246 g/mol. The van der Waals surface area contributed by atoms with Gasteiger partial charge in [0.25, 0.3) is 0 Å². The summed E-state index contributed by atoms with van der Waals surface area (Å²) in [5.41, 5.74) is 4.14. The Morgan fingerprint density at radius 1 is 0.833 bits per heavy atom. The summed E-state index contributed by atoms with van der Waals surface area (Å²) in [5.74, 6) is 0.317. The van der Waals surface area contributed by atoms with Gasteiger partial charge in [0.2, 0.25) is 0 Å². The van der Waals surface area contributed by atoms with Crippen molar-refractivity contribution in [3.8, 4) is 11.5 Å². The van der Waals surface area contributed by atoms with Crippen LogP contribution in [0.25, 0.3) is 0 Å². The van der Waals surface area contributed by atoms with Crippen LogP contribution in [0.15, 0.2) is 35.4 Å². The Labute approximate surface area is 109 Å². The second kappa shape index (κ2) is 6.29. The first-order valence-electron chi connectivity index (χ1n) is 6.20. The van der Waals surface area contributed by atoms with Crippen LogP contribution in [0.3, 0.4) is 0 Å². The average Bonchev–Trinajstić information content (AvgIpc) is 2.26. The molecule has 0 aliphatic carbocycles. The minimum Gasteiger partial charge on any atom is -0.508 e. The fourth-order valence-corrected chi connectivity index (χ4v) is 1.63. The topological polar surface area (TPSA) is 40.5 Å². The van der Waals surface area contributed by atoms with Crippen LogP contribution < -0.4 is 0 Å². The van der Waals surface area contributed by atoms with E-state index in [9.17, 15) is 10.2 Å². The van der Waals surface area contributed by atoms with E-state index in [1.807, 2.05) is 33.8 Å². The maximum atomic E-state index is 9.80. The van der Waals surface area contributed by atoms with E-state index in [0.29, 0.717) is 12.8 Å². The molecule has 0 saturated heterocycles. The van der Waals surface area contributed by atoms with Crippen molar-refractivity contribution >= 4 is 0 Å². The predicted octanol–water partition coefficient (Wildman–Crippen LogP) is 4.12. The Morgan fingerprint density at radius 2 is 1.22 bits per heavy atom. The van der Waals surface area contributed by atoms with E-state index in [-0.39, 0.29) is 11.5 Å². The minimum absolute atomic E-state index is 0.158. The van der Waals surface area contributed by atoms with Crippen LogP contribution in [0.2, 0.25) is 0 Å². The summed E-state index contributed by atoms with van der Waals surface area (Å²) >= 11 is 0. The second-order valence-corrected chi connectivity index (χ2v) is 5.08. The third kappa shape index (κ3) is 4.28. The van der Waals surface area contributed by atoms with Gasteiger partial charge in [-0.2, -0.15) is 0 Å². The summed E-state index contributed by atoms with van der Waals surface area (Å²) in [7, 11) is 0. The molecule has 0 radical (unpaired) electrons. The monoisotopic (exact) mass is 246 g/mol. The Kier molecular flexibility index (Phi) is 5.02. The SMILES string of the molecule is CC(C)=CCc1cc(CC=C(C)C)c(O)cc1O. The van der Waals surface area contributed by atoms with Crippen LogP contribution in [0.1, 0.15) is 38.8 Å². The fraction of sp³-hybridized carbons (Fsp3) is 0.375. The number of phenols is 2. The highest BCUT2D eigenvalue weighted by Gasteiger charge is 2.07. The smallest absolute Gasteiger partial charge is 0.122 e. The number of hydrogen-bond acceptors (Lipinski definition) is 2. The van der Waals surface area contributed by atoms with Gasteiger partial charge in [-0.3, -0.25) is 0 Å². The molecule has 0 aromatic heterocycles. The van der Waals surface area contributed by atoms with E-state index in [2.05, 4.69) is 12.2 Å². The molecule has 2 nitrogen and oxygen atoms in total. The molecule has 0 atom stereocenters. The van der Waals surface area contributed by atoms with Crippen molar-refractivity contribution in [2.75, 3.05) is 0 Å². The van der Waals surface area contributed by atoms with E-state index >= 15 is 0 Å². The Hall–Kier alpha value is -1.70. The number of allylic oxidation sites excluding steroid dienone is 4. The molecular weight excluding hydrogens is 224 g/mol. The van der Waals surface area contributed by atoms with Gasteiger partial charge in [0, 0.05) is 6.07 Å². The van der Waals surface area contributed by atoms with E-state index < -0.39 is 0 Å². The minimum atomic E-state index is 0.158. The van der Waals surface area contributed by atoms with Gasteiger partial charge in [0.15, 0.2) is 0 Å². The third-order valence-electron chi connectivity index (χ3n) is 2.74. The molecular formula is C16H22O2. The maximum absolute atomic E-state index is 9.80. The Balaban J connectivity index is 3.02. The molecule has 0 unspecified atom stereocenters. The highest BCUT2D eigenvalue weighted by atomic mass is 16.3. The first kappa shape index (κ1) is 14.4. The molecule has 0 spiro atoms. The molecule has 0 aliphatic heterocycles. The van der Waals surface area contributed by atoms with Crippen molar-refractivity contribution in [3.05, 3.63) is 46.6 Å². The van der Waals surface area contributed by atoms with E-state index in [1.54, 1.807) is 0 Å². The first-order valence-corrected chi connectivity index (χ1v) is 6.20. The van der Waals surface area contributed by atoms with Crippen molar-refractivity contribution in [2.45, 2.75) is 40.5 Å². The standard InChI is InChI=1S/C16H22O2/c1-11(2)5-7-13-9-14(8-6-12(3)4)16(18)10-15(13)17/h5-6,9-10,17-18H,7-8H2,1-4H3. The van der Waals surface area contributed by atoms with Crippen molar-refractivity contribution in [1.29, 1.82) is 0 Å². The molecule has 0 aliphatic rings. The molecule has 1 aromatic carbocycles. The van der Waals surface area contributed by atoms with Gasteiger partial charge in [-0.15, -0.1) is 0 Å². The van der Waals surface area contributed by atoms with Crippen molar-refractivity contribution in [1.82, 2.24) is 0 Å². The lowest BCUT2D eigenvalue weighted by molar-refractivity contribution is 0.443. The Bertz CT molecular complexity index is 433. The van der Waals surface area contributed by atoms with Gasteiger partial charge in [-0.25, -0.2) is 0 Å². The van der Waals surface area contributed by atoms with Crippen molar-refractivity contribution < 1.29 is 10.2 Å².